The highest BCUT2D eigenvalue weighted by Gasteiger charge is 2.23. The normalized spacial score (nSPS) is 13.0. The summed E-state index contributed by atoms with van der Waals surface area (Å²) in [7, 11) is 0. The molecule has 4 heteroatoms. The molecule has 0 aliphatic carbocycles. The molecule has 4 nitrogen and oxygen atoms in total. The maximum atomic E-state index is 6.54. The Morgan fingerprint density at radius 3 is 2.08 bits per heavy atom. The second-order valence-electron chi connectivity index (χ2n) is 6.18. The highest BCUT2D eigenvalue weighted by atomic mass is 16.3. The van der Waals surface area contributed by atoms with Crippen LogP contribution in [0.1, 0.15) is 17.4 Å². The summed E-state index contributed by atoms with van der Waals surface area (Å²) in [5.74, 6) is 0.564. The molecule has 0 aliphatic rings. The van der Waals surface area contributed by atoms with E-state index in [1.807, 2.05) is 66.7 Å². The molecule has 1 atom stereocenters. The van der Waals surface area contributed by atoms with Crippen molar-refractivity contribution in [3.63, 3.8) is 0 Å². The fourth-order valence-electron chi connectivity index (χ4n) is 3.47. The minimum Gasteiger partial charge on any atom is -0.457 e. The minimum absolute atomic E-state index is 0.503. The Hall–Kier alpha value is -3.24. The topological polar surface area (TPSA) is 78.3 Å². The molecule has 0 saturated carbocycles. The predicted octanol–water partition coefficient (Wildman–Crippen LogP) is 4.96. The van der Waals surface area contributed by atoms with Crippen molar-refractivity contribution in [3.05, 3.63) is 78.1 Å². The second-order valence-corrected chi connectivity index (χ2v) is 6.18. The Morgan fingerprint density at radius 1 is 0.680 bits per heavy atom. The third-order valence-corrected chi connectivity index (χ3v) is 4.71. The van der Waals surface area contributed by atoms with Crippen LogP contribution in [0.3, 0.4) is 0 Å². The van der Waals surface area contributed by atoms with Gasteiger partial charge in [-0.25, -0.2) is 0 Å². The number of furan rings is 2. The lowest BCUT2D eigenvalue weighted by Crippen LogP contribution is -2.12. The zero-order valence-corrected chi connectivity index (χ0v) is 13.4. The van der Waals surface area contributed by atoms with Crippen molar-refractivity contribution in [1.29, 1.82) is 0 Å². The van der Waals surface area contributed by atoms with Gasteiger partial charge in [0.15, 0.2) is 0 Å². The molecule has 25 heavy (non-hydrogen) atoms. The minimum atomic E-state index is -0.503. The van der Waals surface area contributed by atoms with Crippen molar-refractivity contribution in [1.82, 2.24) is 0 Å². The zero-order chi connectivity index (χ0) is 17.0. The van der Waals surface area contributed by atoms with Gasteiger partial charge in [0.1, 0.15) is 22.5 Å². The van der Waals surface area contributed by atoms with Gasteiger partial charge in [-0.3, -0.25) is 0 Å². The van der Waals surface area contributed by atoms with Crippen LogP contribution in [-0.2, 0) is 0 Å². The molecule has 0 fully saturated rings. The second kappa shape index (κ2) is 5.13. The molecule has 0 spiro atoms. The van der Waals surface area contributed by atoms with Crippen LogP contribution in [-0.4, -0.2) is 0 Å². The summed E-state index contributed by atoms with van der Waals surface area (Å²) < 4.78 is 12.0. The average Bonchev–Trinajstić information content (AvgIpc) is 3.19. The van der Waals surface area contributed by atoms with E-state index >= 15 is 0 Å². The van der Waals surface area contributed by atoms with Crippen LogP contribution in [0, 0.1) is 0 Å². The average molecular weight is 328 g/mol. The smallest absolute Gasteiger partial charge is 0.149 e. The summed E-state index contributed by atoms with van der Waals surface area (Å²) in [6.45, 7) is 0. The molecule has 2 aromatic heterocycles. The highest BCUT2D eigenvalue weighted by Crippen LogP contribution is 2.38. The first kappa shape index (κ1) is 14.1. The summed E-state index contributed by atoms with van der Waals surface area (Å²) in [6, 6.07) is 21.1. The SMILES string of the molecule is Nc1c(C(N)c2cccc3c2oc2ccccc23)oc2ccccc12. The monoisotopic (exact) mass is 328 g/mol. The Kier molecular flexibility index (Phi) is 2.90. The van der Waals surface area contributed by atoms with Crippen LogP contribution in [0.15, 0.2) is 75.6 Å². The van der Waals surface area contributed by atoms with Gasteiger partial charge in [0.05, 0.1) is 11.7 Å². The van der Waals surface area contributed by atoms with E-state index in [9.17, 15) is 0 Å². The standard InChI is InChI=1S/C21H16N2O2/c22-18-14-7-2-4-11-17(14)25-21(18)19(23)15-9-5-8-13-12-6-1-3-10-16(12)24-20(13)15/h1-11,19H,22-23H2. The highest BCUT2D eigenvalue weighted by molar-refractivity contribution is 6.06. The molecule has 4 N–H and O–H groups in total. The van der Waals surface area contributed by atoms with Gasteiger partial charge in [0, 0.05) is 21.7 Å². The molecular formula is C21H16N2O2. The molecule has 0 radical (unpaired) electrons. The van der Waals surface area contributed by atoms with E-state index < -0.39 is 6.04 Å². The molecule has 122 valence electrons. The molecule has 5 rings (SSSR count). The van der Waals surface area contributed by atoms with E-state index in [1.165, 1.54) is 0 Å². The first-order valence-electron chi connectivity index (χ1n) is 8.16. The molecule has 0 bridgehead atoms. The van der Waals surface area contributed by atoms with E-state index in [2.05, 4.69) is 0 Å². The number of nitrogen functional groups attached to an aromatic ring is 1. The van der Waals surface area contributed by atoms with Crippen LogP contribution in [0.25, 0.3) is 32.9 Å². The summed E-state index contributed by atoms with van der Waals surface area (Å²) in [5.41, 5.74) is 16.6. The number of hydrogen-bond acceptors (Lipinski definition) is 4. The molecule has 0 aliphatic heterocycles. The molecule has 1 unspecified atom stereocenters. The van der Waals surface area contributed by atoms with Crippen LogP contribution >= 0.6 is 0 Å². The van der Waals surface area contributed by atoms with E-state index in [1.54, 1.807) is 0 Å². The molecular weight excluding hydrogens is 312 g/mol. The van der Waals surface area contributed by atoms with Crippen LogP contribution in [0.4, 0.5) is 5.69 Å². The first-order valence-corrected chi connectivity index (χ1v) is 8.16. The Bertz CT molecular complexity index is 1230. The van der Waals surface area contributed by atoms with Crippen LogP contribution < -0.4 is 11.5 Å². The lowest BCUT2D eigenvalue weighted by molar-refractivity contribution is 0.525. The third kappa shape index (κ3) is 1.98. The Balaban J connectivity index is 1.75. The first-order chi connectivity index (χ1) is 12.2. The van der Waals surface area contributed by atoms with Crippen LogP contribution in [0.2, 0.25) is 0 Å². The maximum absolute atomic E-state index is 6.54. The van der Waals surface area contributed by atoms with Crippen molar-refractivity contribution in [2.75, 3.05) is 5.73 Å². The summed E-state index contributed by atoms with van der Waals surface area (Å²) in [4.78, 5) is 0. The van der Waals surface area contributed by atoms with Gasteiger partial charge in [-0.1, -0.05) is 48.5 Å². The van der Waals surface area contributed by atoms with Gasteiger partial charge in [0.2, 0.25) is 0 Å². The van der Waals surface area contributed by atoms with Crippen molar-refractivity contribution in [2.24, 2.45) is 5.73 Å². The number of anilines is 1. The number of para-hydroxylation sites is 3. The van der Waals surface area contributed by atoms with E-state index in [0.29, 0.717) is 11.4 Å². The van der Waals surface area contributed by atoms with E-state index in [4.69, 9.17) is 20.3 Å². The van der Waals surface area contributed by atoms with Crippen molar-refractivity contribution in [3.8, 4) is 0 Å². The quantitative estimate of drug-likeness (QED) is 0.480. The van der Waals surface area contributed by atoms with Crippen molar-refractivity contribution in [2.45, 2.75) is 6.04 Å². The molecule has 0 saturated heterocycles. The van der Waals surface area contributed by atoms with Crippen LogP contribution in [0.5, 0.6) is 0 Å². The fraction of sp³-hybridized carbons (Fsp3) is 0.0476. The molecule has 5 aromatic rings. The number of hydrogen-bond donors (Lipinski definition) is 2. The fourth-order valence-corrected chi connectivity index (χ4v) is 3.47. The van der Waals surface area contributed by atoms with E-state index in [0.717, 1.165) is 38.5 Å². The van der Waals surface area contributed by atoms with Gasteiger partial charge < -0.3 is 20.3 Å². The molecule has 3 aromatic carbocycles. The predicted molar refractivity (Wildman–Crippen MR) is 100 cm³/mol. The molecule has 0 amide bonds. The lowest BCUT2D eigenvalue weighted by Gasteiger charge is -2.10. The van der Waals surface area contributed by atoms with Gasteiger partial charge in [-0.2, -0.15) is 0 Å². The third-order valence-electron chi connectivity index (χ3n) is 4.71. The number of benzene rings is 3. The maximum Gasteiger partial charge on any atom is 0.149 e. The largest absolute Gasteiger partial charge is 0.457 e. The lowest BCUT2D eigenvalue weighted by atomic mass is 10.0. The van der Waals surface area contributed by atoms with Crippen molar-refractivity contribution < 1.29 is 8.83 Å². The Morgan fingerprint density at radius 2 is 1.32 bits per heavy atom. The summed E-state index contributed by atoms with van der Waals surface area (Å²) in [6.07, 6.45) is 0. The van der Waals surface area contributed by atoms with Crippen molar-refractivity contribution >= 4 is 38.6 Å². The number of nitrogens with two attached hydrogens (primary N) is 2. The van der Waals surface area contributed by atoms with Gasteiger partial charge in [-0.15, -0.1) is 0 Å². The molecule has 2 heterocycles. The Labute approximate surface area is 143 Å². The number of fused-ring (bicyclic) bond motifs is 4. The van der Waals surface area contributed by atoms with Gasteiger partial charge in [-0.05, 0) is 18.2 Å². The summed E-state index contributed by atoms with van der Waals surface area (Å²) in [5, 5.41) is 2.99. The summed E-state index contributed by atoms with van der Waals surface area (Å²) >= 11 is 0. The van der Waals surface area contributed by atoms with E-state index in [-0.39, 0.29) is 0 Å². The van der Waals surface area contributed by atoms with Gasteiger partial charge in [0.25, 0.3) is 0 Å². The van der Waals surface area contributed by atoms with Gasteiger partial charge >= 0.3 is 0 Å². The zero-order valence-electron chi connectivity index (χ0n) is 13.4. The number of rotatable bonds is 2.